The molecule has 7 nitrogen and oxygen atoms in total. The van der Waals surface area contributed by atoms with Gasteiger partial charge in [-0.2, -0.15) is 0 Å². The van der Waals surface area contributed by atoms with Gasteiger partial charge in [0.2, 0.25) is 11.8 Å². The molecular formula is C32H40N2O5S. The smallest absolute Gasteiger partial charge is 0.236 e. The Hall–Kier alpha value is -3.62. The van der Waals surface area contributed by atoms with Crippen LogP contribution in [0.1, 0.15) is 46.0 Å². The Morgan fingerprint density at radius 1 is 0.975 bits per heavy atom. The molecule has 3 aromatic carbocycles. The molecule has 1 aliphatic rings. The van der Waals surface area contributed by atoms with E-state index < -0.39 is 20.2 Å². The van der Waals surface area contributed by atoms with Crippen molar-refractivity contribution in [3.05, 3.63) is 78.9 Å². The van der Waals surface area contributed by atoms with Crippen LogP contribution in [0.4, 0.5) is 5.69 Å². The fourth-order valence-electron chi connectivity index (χ4n) is 4.47. The van der Waals surface area contributed by atoms with E-state index in [9.17, 15) is 13.8 Å². The average molecular weight is 565 g/mol. The molecule has 1 unspecified atom stereocenters. The van der Waals surface area contributed by atoms with E-state index >= 15 is 0 Å². The van der Waals surface area contributed by atoms with Crippen LogP contribution in [0.3, 0.4) is 0 Å². The molecular weight excluding hydrogens is 524 g/mol. The maximum Gasteiger partial charge on any atom is 0.236 e. The molecule has 1 saturated heterocycles. The number of ether oxygens (including phenoxy) is 2. The van der Waals surface area contributed by atoms with E-state index in [4.69, 9.17) is 15.2 Å². The molecule has 40 heavy (non-hydrogen) atoms. The number of hydrogen-bond acceptors (Lipinski definition) is 5. The second-order valence-corrected chi connectivity index (χ2v) is 12.4. The first-order valence-electron chi connectivity index (χ1n) is 13.7. The minimum absolute atomic E-state index is 0.0887. The molecule has 1 aliphatic heterocycles. The molecule has 0 bridgehead atoms. The Morgan fingerprint density at radius 2 is 1.60 bits per heavy atom. The van der Waals surface area contributed by atoms with Gasteiger partial charge in [0, 0.05) is 39.7 Å². The molecule has 8 heteroatoms. The van der Waals surface area contributed by atoms with Crippen molar-refractivity contribution in [2.45, 2.75) is 55.6 Å². The number of anilines is 1. The Morgan fingerprint density at radius 3 is 2.23 bits per heavy atom. The third-order valence-corrected chi connectivity index (χ3v) is 9.56. The monoisotopic (exact) mass is 564 g/mol. The largest absolute Gasteiger partial charge is 0.494 e. The van der Waals surface area contributed by atoms with Gasteiger partial charge in [0.15, 0.2) is 0 Å². The zero-order valence-corrected chi connectivity index (χ0v) is 24.2. The fourth-order valence-corrected chi connectivity index (χ4v) is 6.65. The van der Waals surface area contributed by atoms with Crippen molar-refractivity contribution in [3.63, 3.8) is 0 Å². The molecule has 3 N–H and O–H groups in total. The lowest BCUT2D eigenvalue weighted by atomic mass is 9.98. The Bertz CT molecular complexity index is 1350. The summed E-state index contributed by atoms with van der Waals surface area (Å²) in [6.45, 7) is 5.24. The van der Waals surface area contributed by atoms with Crippen LogP contribution in [0.5, 0.6) is 5.75 Å². The van der Waals surface area contributed by atoms with Crippen LogP contribution in [0.15, 0.2) is 83.8 Å². The lowest BCUT2D eigenvalue weighted by Gasteiger charge is -2.37. The van der Waals surface area contributed by atoms with Gasteiger partial charge >= 0.3 is 0 Å². The molecule has 0 saturated carbocycles. The normalized spacial score (nSPS) is 15.6. The zero-order valence-electron chi connectivity index (χ0n) is 23.4. The van der Waals surface area contributed by atoms with Crippen LogP contribution in [0.25, 0.3) is 11.1 Å². The number of hydrogen-bond donors (Lipinski definition) is 2. The molecule has 0 radical (unpaired) electrons. The summed E-state index contributed by atoms with van der Waals surface area (Å²) in [7, 11) is -2.99. The SMILES string of the molecule is C=S(=O)(c1ccc(OCCCC(=O)Nc2cccc(-c3ccccc3)c2)cc1)C1(C(N)=O)CCOCC1.CCC. The number of nitrogens with one attached hydrogen (secondary N) is 1. The predicted molar refractivity (Wildman–Crippen MR) is 163 cm³/mol. The number of rotatable bonds is 10. The summed E-state index contributed by atoms with van der Waals surface area (Å²) in [6.07, 6.45) is 2.65. The Kier molecular flexibility index (Phi) is 11.3. The van der Waals surface area contributed by atoms with Gasteiger partial charge in [-0.3, -0.25) is 13.8 Å². The maximum absolute atomic E-state index is 13.7. The van der Waals surface area contributed by atoms with Crippen molar-refractivity contribution in [1.29, 1.82) is 0 Å². The van der Waals surface area contributed by atoms with Gasteiger partial charge in [-0.15, -0.1) is 0 Å². The van der Waals surface area contributed by atoms with E-state index in [0.717, 1.165) is 16.8 Å². The summed E-state index contributed by atoms with van der Waals surface area (Å²) in [6, 6.07) is 24.5. The number of nitrogens with two attached hydrogens (primary N) is 1. The molecule has 2 amide bonds. The van der Waals surface area contributed by atoms with Gasteiger partial charge in [-0.05, 0) is 72.7 Å². The molecule has 0 spiro atoms. The first-order valence-corrected chi connectivity index (χ1v) is 15.4. The quantitative estimate of drug-likeness (QED) is 0.243. The molecule has 0 aliphatic carbocycles. The zero-order chi connectivity index (χ0) is 29.0. The van der Waals surface area contributed by atoms with Crippen molar-refractivity contribution in [2.75, 3.05) is 25.1 Å². The average Bonchev–Trinajstić information content (AvgIpc) is 2.97. The van der Waals surface area contributed by atoms with Crippen LogP contribution in [-0.4, -0.2) is 46.5 Å². The first kappa shape index (κ1) is 30.9. The number of primary amides is 1. The van der Waals surface area contributed by atoms with Crippen LogP contribution in [0, 0.1) is 0 Å². The minimum atomic E-state index is -2.99. The first-order chi connectivity index (χ1) is 19.2. The molecule has 1 heterocycles. The van der Waals surface area contributed by atoms with Crippen molar-refractivity contribution in [3.8, 4) is 16.9 Å². The van der Waals surface area contributed by atoms with E-state index in [1.54, 1.807) is 24.3 Å². The van der Waals surface area contributed by atoms with Crippen molar-refractivity contribution < 1.29 is 23.3 Å². The molecule has 1 fully saturated rings. The highest BCUT2D eigenvalue weighted by Gasteiger charge is 2.46. The van der Waals surface area contributed by atoms with Gasteiger partial charge in [0.05, 0.1) is 6.61 Å². The van der Waals surface area contributed by atoms with E-state index in [1.807, 2.05) is 54.6 Å². The summed E-state index contributed by atoms with van der Waals surface area (Å²) >= 11 is 0. The summed E-state index contributed by atoms with van der Waals surface area (Å²) in [5.74, 6) is 3.80. The van der Waals surface area contributed by atoms with Gasteiger partial charge in [0.25, 0.3) is 0 Å². The van der Waals surface area contributed by atoms with Crippen molar-refractivity contribution in [2.24, 2.45) is 5.73 Å². The summed E-state index contributed by atoms with van der Waals surface area (Å²) in [5.41, 5.74) is 8.55. The van der Waals surface area contributed by atoms with E-state index in [2.05, 4.69) is 25.0 Å². The summed E-state index contributed by atoms with van der Waals surface area (Å²) in [4.78, 5) is 25.1. The number of amides is 2. The number of benzene rings is 3. The summed E-state index contributed by atoms with van der Waals surface area (Å²) in [5, 5.41) is 2.94. The van der Waals surface area contributed by atoms with Crippen LogP contribution in [-0.2, 0) is 23.8 Å². The molecule has 3 aromatic rings. The Balaban J connectivity index is 0.00000141. The topological polar surface area (TPSA) is 108 Å². The second-order valence-electron chi connectivity index (χ2n) is 9.77. The Labute approximate surface area is 238 Å². The van der Waals surface area contributed by atoms with Crippen LogP contribution < -0.4 is 15.8 Å². The van der Waals surface area contributed by atoms with Crippen molar-refractivity contribution in [1.82, 2.24) is 0 Å². The fraction of sp³-hybridized carbons (Fsp3) is 0.344. The minimum Gasteiger partial charge on any atom is -0.494 e. The highest BCUT2D eigenvalue weighted by molar-refractivity contribution is 8.02. The number of carbonyl (C=O) groups is 2. The highest BCUT2D eigenvalue weighted by atomic mass is 32.2. The second kappa shape index (κ2) is 14.7. The lowest BCUT2D eigenvalue weighted by Crippen LogP contribution is -2.53. The molecule has 0 aromatic heterocycles. The highest BCUT2D eigenvalue weighted by Crippen LogP contribution is 2.35. The third-order valence-electron chi connectivity index (χ3n) is 6.66. The third kappa shape index (κ3) is 7.73. The summed E-state index contributed by atoms with van der Waals surface area (Å²) < 4.78 is 23.5. The standard InChI is InChI=1S/C29H32N2O5S.C3H8/c1-37(34,29(28(30)33)16-19-35-20-17-29)26-14-12-25(13-15-26)36-18-6-11-27(32)31-24-10-5-9-23(21-24)22-7-3-2-4-8-22;1-3-2/h2-5,7-10,12-15,21H,1,6,11,16-20H2,(H2,30,33)(H,31,32);3H2,1-2H3. The van der Waals surface area contributed by atoms with Crippen LogP contribution in [0.2, 0.25) is 0 Å². The molecule has 4 rings (SSSR count). The van der Waals surface area contributed by atoms with Gasteiger partial charge in [-0.25, -0.2) is 0 Å². The predicted octanol–water partition coefficient (Wildman–Crippen LogP) is 5.68. The van der Waals surface area contributed by atoms with E-state index in [1.165, 1.54) is 6.42 Å². The van der Waals surface area contributed by atoms with E-state index in [-0.39, 0.29) is 18.7 Å². The number of carbonyl (C=O) groups excluding carboxylic acids is 2. The van der Waals surface area contributed by atoms with Crippen LogP contribution >= 0.6 is 0 Å². The maximum atomic E-state index is 13.7. The van der Waals surface area contributed by atoms with Gasteiger partial charge in [0.1, 0.15) is 10.5 Å². The van der Waals surface area contributed by atoms with E-state index in [0.29, 0.717) is 43.3 Å². The van der Waals surface area contributed by atoms with Gasteiger partial charge < -0.3 is 20.5 Å². The van der Waals surface area contributed by atoms with Crippen molar-refractivity contribution >= 4 is 32.9 Å². The van der Waals surface area contributed by atoms with Gasteiger partial charge in [-0.1, -0.05) is 62.7 Å². The molecule has 1 atom stereocenters. The lowest BCUT2D eigenvalue weighted by molar-refractivity contribution is -0.122. The molecule has 214 valence electrons.